The summed E-state index contributed by atoms with van der Waals surface area (Å²) in [5.74, 6) is 0. The highest BCUT2D eigenvalue weighted by molar-refractivity contribution is 5.95. The average molecular weight is 379 g/mol. The van der Waals surface area contributed by atoms with Gasteiger partial charge >= 0.3 is 0 Å². The van der Waals surface area contributed by atoms with Gasteiger partial charge in [-0.25, -0.2) is 9.97 Å². The highest BCUT2D eigenvalue weighted by Gasteiger charge is 2.14. The summed E-state index contributed by atoms with van der Waals surface area (Å²) in [6, 6.07) is 22.9. The van der Waals surface area contributed by atoms with E-state index in [1.165, 1.54) is 5.56 Å². The van der Waals surface area contributed by atoms with Gasteiger partial charge in [-0.3, -0.25) is 5.10 Å². The molecule has 0 radical (unpaired) electrons. The average Bonchev–Trinajstić information content (AvgIpc) is 3.19. The molecule has 5 heteroatoms. The fourth-order valence-corrected chi connectivity index (χ4v) is 3.63. The van der Waals surface area contributed by atoms with Crippen molar-refractivity contribution in [2.45, 2.75) is 6.54 Å². The number of hydrogen-bond acceptors (Lipinski definition) is 4. The molecule has 0 bridgehead atoms. The second-order valence-electron chi connectivity index (χ2n) is 7.52. The molecule has 1 N–H and O–H groups in total. The van der Waals surface area contributed by atoms with Gasteiger partial charge in [-0.05, 0) is 31.8 Å². The van der Waals surface area contributed by atoms with Crippen molar-refractivity contribution in [1.29, 1.82) is 0 Å². The highest BCUT2D eigenvalue weighted by atomic mass is 15.1. The van der Waals surface area contributed by atoms with Crippen molar-refractivity contribution >= 4 is 21.9 Å². The molecular formula is C24H21N5. The highest BCUT2D eigenvalue weighted by Crippen LogP contribution is 2.32. The molecule has 0 aliphatic carbocycles. The van der Waals surface area contributed by atoms with Gasteiger partial charge in [0.25, 0.3) is 0 Å². The van der Waals surface area contributed by atoms with Crippen LogP contribution in [0.4, 0.5) is 0 Å². The Bertz CT molecular complexity index is 1290. The van der Waals surface area contributed by atoms with Crippen molar-refractivity contribution in [2.24, 2.45) is 0 Å². The molecule has 5 rings (SSSR count). The van der Waals surface area contributed by atoms with Crippen LogP contribution < -0.4 is 0 Å². The lowest BCUT2D eigenvalue weighted by molar-refractivity contribution is 0.402. The van der Waals surface area contributed by atoms with Gasteiger partial charge in [0.15, 0.2) is 0 Å². The number of benzene rings is 3. The number of nitrogens with one attached hydrogen (secondary N) is 1. The number of nitrogens with zero attached hydrogens (tertiary/aromatic N) is 4. The Balaban J connectivity index is 1.72. The second kappa shape index (κ2) is 7.11. The van der Waals surface area contributed by atoms with E-state index in [2.05, 4.69) is 65.6 Å². The maximum atomic E-state index is 5.03. The fourth-order valence-electron chi connectivity index (χ4n) is 3.63. The molecule has 3 aromatic carbocycles. The molecule has 5 aromatic rings. The Morgan fingerprint density at radius 2 is 1.45 bits per heavy atom. The zero-order valence-corrected chi connectivity index (χ0v) is 16.4. The maximum absolute atomic E-state index is 5.03. The van der Waals surface area contributed by atoms with Gasteiger partial charge in [0.1, 0.15) is 0 Å². The normalized spacial score (nSPS) is 11.6. The molecule has 0 aliphatic heterocycles. The first-order valence-electron chi connectivity index (χ1n) is 9.62. The van der Waals surface area contributed by atoms with Crippen molar-refractivity contribution in [1.82, 2.24) is 25.1 Å². The smallest absolute Gasteiger partial charge is 0.0973 e. The van der Waals surface area contributed by atoms with Crippen LogP contribution in [0.5, 0.6) is 0 Å². The second-order valence-corrected chi connectivity index (χ2v) is 7.52. The summed E-state index contributed by atoms with van der Waals surface area (Å²) in [6.45, 7) is 0.910. The molecular weight excluding hydrogens is 358 g/mol. The van der Waals surface area contributed by atoms with Crippen LogP contribution in [0, 0.1) is 0 Å². The summed E-state index contributed by atoms with van der Waals surface area (Å²) in [6.07, 6.45) is 1.82. The molecule has 0 atom stereocenters. The molecule has 5 nitrogen and oxygen atoms in total. The van der Waals surface area contributed by atoms with Crippen LogP contribution in [-0.4, -0.2) is 39.2 Å². The molecule has 0 unspecified atom stereocenters. The minimum absolute atomic E-state index is 0.855. The van der Waals surface area contributed by atoms with Crippen LogP contribution in [0.3, 0.4) is 0 Å². The SMILES string of the molecule is CN(C)Cc1ccc(-c2nc3cc4cn[nH]c4cc3nc2-c2ccccc2)cc1. The fraction of sp³-hybridized carbons (Fsp3) is 0.125. The number of aromatic amines is 1. The summed E-state index contributed by atoms with van der Waals surface area (Å²) < 4.78 is 0. The third-order valence-electron chi connectivity index (χ3n) is 5.00. The van der Waals surface area contributed by atoms with E-state index in [-0.39, 0.29) is 0 Å². The van der Waals surface area contributed by atoms with Crippen LogP contribution in [0.25, 0.3) is 44.5 Å². The van der Waals surface area contributed by atoms with E-state index in [9.17, 15) is 0 Å². The number of H-pyrrole nitrogens is 1. The van der Waals surface area contributed by atoms with E-state index >= 15 is 0 Å². The Morgan fingerprint density at radius 3 is 2.14 bits per heavy atom. The van der Waals surface area contributed by atoms with Gasteiger partial charge in [0, 0.05) is 23.1 Å². The molecule has 2 aromatic heterocycles. The minimum Gasteiger partial charge on any atom is -0.305 e. The predicted octanol–water partition coefficient (Wildman–Crippen LogP) is 4.90. The maximum Gasteiger partial charge on any atom is 0.0973 e. The van der Waals surface area contributed by atoms with E-state index in [0.29, 0.717) is 0 Å². The number of aromatic nitrogens is 4. The number of hydrogen-bond donors (Lipinski definition) is 1. The summed E-state index contributed by atoms with van der Waals surface area (Å²) in [5, 5.41) is 8.19. The molecule has 0 aliphatic rings. The van der Waals surface area contributed by atoms with Gasteiger partial charge in [0.2, 0.25) is 0 Å². The summed E-state index contributed by atoms with van der Waals surface area (Å²) in [7, 11) is 4.15. The van der Waals surface area contributed by atoms with E-state index in [4.69, 9.17) is 9.97 Å². The number of rotatable bonds is 4. The Kier molecular flexibility index (Phi) is 4.30. The van der Waals surface area contributed by atoms with Crippen molar-refractivity contribution in [2.75, 3.05) is 14.1 Å². The van der Waals surface area contributed by atoms with Crippen molar-refractivity contribution < 1.29 is 0 Å². The Morgan fingerprint density at radius 1 is 0.793 bits per heavy atom. The van der Waals surface area contributed by atoms with Crippen LogP contribution in [0.15, 0.2) is 72.9 Å². The topological polar surface area (TPSA) is 57.7 Å². The summed E-state index contributed by atoms with van der Waals surface area (Å²) >= 11 is 0. The molecule has 0 amide bonds. The first-order chi connectivity index (χ1) is 14.2. The molecule has 0 saturated heterocycles. The third-order valence-corrected chi connectivity index (χ3v) is 5.00. The molecule has 0 saturated carbocycles. The quantitative estimate of drug-likeness (QED) is 0.482. The van der Waals surface area contributed by atoms with Crippen molar-refractivity contribution in [3.8, 4) is 22.5 Å². The summed E-state index contributed by atoms with van der Waals surface area (Å²) in [4.78, 5) is 12.2. The standard InChI is InChI=1S/C24H21N5/c1-29(2)15-16-8-10-18(11-9-16)24-23(17-6-4-3-5-7-17)27-22-13-20-19(14-25-28-20)12-21(22)26-24/h3-14H,15H2,1-2H3,(H,25,28). The third kappa shape index (κ3) is 3.37. The first kappa shape index (κ1) is 17.5. The van der Waals surface area contributed by atoms with Crippen molar-refractivity contribution in [3.05, 3.63) is 78.5 Å². The van der Waals surface area contributed by atoms with E-state index < -0.39 is 0 Å². The molecule has 0 fully saturated rings. The summed E-state index contributed by atoms with van der Waals surface area (Å²) in [5.41, 5.74) is 7.85. The molecule has 142 valence electrons. The van der Waals surface area contributed by atoms with Crippen LogP contribution in [-0.2, 0) is 6.54 Å². The lowest BCUT2D eigenvalue weighted by Crippen LogP contribution is -2.10. The van der Waals surface area contributed by atoms with Crippen LogP contribution >= 0.6 is 0 Å². The van der Waals surface area contributed by atoms with Gasteiger partial charge in [-0.1, -0.05) is 54.6 Å². The lowest BCUT2D eigenvalue weighted by Gasteiger charge is -2.13. The van der Waals surface area contributed by atoms with E-state index in [1.54, 1.807) is 0 Å². The van der Waals surface area contributed by atoms with Gasteiger partial charge in [0.05, 0.1) is 34.1 Å². The zero-order valence-electron chi connectivity index (χ0n) is 16.4. The van der Waals surface area contributed by atoms with E-state index in [0.717, 1.165) is 51.0 Å². The first-order valence-corrected chi connectivity index (χ1v) is 9.62. The van der Waals surface area contributed by atoms with Gasteiger partial charge in [-0.2, -0.15) is 5.10 Å². The monoisotopic (exact) mass is 379 g/mol. The van der Waals surface area contributed by atoms with Crippen molar-refractivity contribution in [3.63, 3.8) is 0 Å². The van der Waals surface area contributed by atoms with Crippen LogP contribution in [0.2, 0.25) is 0 Å². The van der Waals surface area contributed by atoms with Gasteiger partial charge in [-0.15, -0.1) is 0 Å². The Labute approximate surface area is 169 Å². The minimum atomic E-state index is 0.855. The molecule has 0 spiro atoms. The lowest BCUT2D eigenvalue weighted by atomic mass is 10.0. The molecule has 29 heavy (non-hydrogen) atoms. The van der Waals surface area contributed by atoms with Gasteiger partial charge < -0.3 is 4.90 Å². The Hall–Kier alpha value is -3.57. The van der Waals surface area contributed by atoms with E-state index in [1.807, 2.05) is 36.5 Å². The van der Waals surface area contributed by atoms with Crippen LogP contribution in [0.1, 0.15) is 5.56 Å². The predicted molar refractivity (Wildman–Crippen MR) is 117 cm³/mol. The largest absolute Gasteiger partial charge is 0.305 e. The molecule has 2 heterocycles. The zero-order chi connectivity index (χ0) is 19.8. The number of fused-ring (bicyclic) bond motifs is 2.